The zero-order chi connectivity index (χ0) is 17.5. The van der Waals surface area contributed by atoms with Gasteiger partial charge in [-0.3, -0.25) is 4.79 Å². The Labute approximate surface area is 139 Å². The van der Waals surface area contributed by atoms with Gasteiger partial charge in [0.1, 0.15) is 0 Å². The van der Waals surface area contributed by atoms with E-state index in [0.717, 1.165) is 12.8 Å². The lowest BCUT2D eigenvalue weighted by atomic mass is 10.0. The molecule has 0 aliphatic rings. The second-order valence-electron chi connectivity index (χ2n) is 6.90. The molecule has 0 aliphatic carbocycles. The summed E-state index contributed by atoms with van der Waals surface area (Å²) < 4.78 is 10.8. The Morgan fingerprint density at radius 1 is 0.957 bits per heavy atom. The Balaban J connectivity index is 2.34. The second-order valence-corrected chi connectivity index (χ2v) is 6.90. The largest absolute Gasteiger partial charge is 0.462 e. The molecule has 0 bridgehead atoms. The third-order valence-electron chi connectivity index (χ3n) is 3.24. The molecule has 0 aromatic heterocycles. The van der Waals surface area contributed by atoms with Crippen molar-refractivity contribution in [2.75, 3.05) is 13.2 Å². The molecular weight excluding hydrogens is 292 g/mol. The van der Waals surface area contributed by atoms with Crippen LogP contribution in [0.3, 0.4) is 0 Å². The van der Waals surface area contributed by atoms with Crippen molar-refractivity contribution >= 4 is 11.8 Å². The van der Waals surface area contributed by atoms with Crippen LogP contribution >= 0.6 is 0 Å². The van der Waals surface area contributed by atoms with E-state index in [1.807, 2.05) is 34.6 Å². The van der Waals surface area contributed by atoms with E-state index in [9.17, 15) is 9.59 Å². The quantitative estimate of drug-likeness (QED) is 0.407. The van der Waals surface area contributed by atoms with Crippen LogP contribution in [0.2, 0.25) is 0 Å². The number of ketones is 1. The lowest BCUT2D eigenvalue weighted by Gasteiger charge is -2.19. The number of rotatable bonds is 8. The number of carbonyl (C=O) groups is 2. The molecule has 0 saturated heterocycles. The highest BCUT2D eigenvalue weighted by Gasteiger charge is 2.12. The first-order chi connectivity index (χ1) is 10.7. The third-order valence-corrected chi connectivity index (χ3v) is 3.24. The Morgan fingerprint density at radius 2 is 1.48 bits per heavy atom. The van der Waals surface area contributed by atoms with Crippen LogP contribution in [0, 0.1) is 5.92 Å². The average Bonchev–Trinajstić information content (AvgIpc) is 2.48. The van der Waals surface area contributed by atoms with Gasteiger partial charge < -0.3 is 9.47 Å². The standard InChI is InChI=1S/C19H28O4/c1-14(2)17(20)15-8-10-16(11-9-15)18(21)22-12-6-7-13-23-19(3,4)5/h8-11,14H,6-7,12-13H2,1-5H3. The van der Waals surface area contributed by atoms with Gasteiger partial charge in [0.25, 0.3) is 0 Å². The van der Waals surface area contributed by atoms with Gasteiger partial charge in [-0.2, -0.15) is 0 Å². The summed E-state index contributed by atoms with van der Waals surface area (Å²) in [4.78, 5) is 23.8. The van der Waals surface area contributed by atoms with Crippen LogP contribution < -0.4 is 0 Å². The monoisotopic (exact) mass is 320 g/mol. The van der Waals surface area contributed by atoms with Gasteiger partial charge in [0.2, 0.25) is 0 Å². The summed E-state index contributed by atoms with van der Waals surface area (Å²) in [5.74, 6) is -0.336. The van der Waals surface area contributed by atoms with E-state index < -0.39 is 0 Å². The molecule has 128 valence electrons. The number of hydrogen-bond acceptors (Lipinski definition) is 4. The van der Waals surface area contributed by atoms with Crippen molar-refractivity contribution in [2.24, 2.45) is 5.92 Å². The normalized spacial score (nSPS) is 11.6. The molecule has 4 nitrogen and oxygen atoms in total. The molecule has 23 heavy (non-hydrogen) atoms. The lowest BCUT2D eigenvalue weighted by molar-refractivity contribution is -0.00692. The van der Waals surface area contributed by atoms with Crippen LogP contribution in [0.15, 0.2) is 24.3 Å². The smallest absolute Gasteiger partial charge is 0.338 e. The van der Waals surface area contributed by atoms with Crippen molar-refractivity contribution in [3.8, 4) is 0 Å². The van der Waals surface area contributed by atoms with E-state index in [2.05, 4.69) is 0 Å². The maximum atomic E-state index is 11.9. The van der Waals surface area contributed by atoms with Crippen LogP contribution in [0.25, 0.3) is 0 Å². The predicted molar refractivity (Wildman–Crippen MR) is 90.8 cm³/mol. The first-order valence-electron chi connectivity index (χ1n) is 8.16. The minimum Gasteiger partial charge on any atom is -0.462 e. The molecule has 0 saturated carbocycles. The Hall–Kier alpha value is -1.68. The van der Waals surface area contributed by atoms with Crippen molar-refractivity contribution < 1.29 is 19.1 Å². The number of esters is 1. The molecule has 0 heterocycles. The summed E-state index contributed by atoms with van der Waals surface area (Å²) in [6, 6.07) is 6.63. The zero-order valence-corrected chi connectivity index (χ0v) is 14.8. The van der Waals surface area contributed by atoms with Gasteiger partial charge in [-0.15, -0.1) is 0 Å². The summed E-state index contributed by atoms with van der Waals surface area (Å²) in [6.07, 6.45) is 1.62. The molecule has 0 unspecified atom stereocenters. The van der Waals surface area contributed by atoms with Gasteiger partial charge in [0.05, 0.1) is 17.8 Å². The molecule has 0 atom stereocenters. The van der Waals surface area contributed by atoms with E-state index in [1.54, 1.807) is 24.3 Å². The van der Waals surface area contributed by atoms with E-state index in [-0.39, 0.29) is 23.3 Å². The Bertz CT molecular complexity index is 509. The second kappa shape index (κ2) is 8.82. The molecule has 0 radical (unpaired) electrons. The number of benzene rings is 1. The van der Waals surface area contributed by atoms with Gasteiger partial charge in [-0.1, -0.05) is 26.0 Å². The molecule has 1 aromatic rings. The summed E-state index contributed by atoms with van der Waals surface area (Å²) >= 11 is 0. The molecule has 4 heteroatoms. The Morgan fingerprint density at radius 3 is 2.00 bits per heavy atom. The SMILES string of the molecule is CC(C)C(=O)c1ccc(C(=O)OCCCCOC(C)(C)C)cc1. The first-order valence-corrected chi connectivity index (χ1v) is 8.16. The maximum absolute atomic E-state index is 11.9. The topological polar surface area (TPSA) is 52.6 Å². The molecule has 0 spiro atoms. The fraction of sp³-hybridized carbons (Fsp3) is 0.579. The molecule has 0 aliphatic heterocycles. The third kappa shape index (κ3) is 7.42. The number of hydrogen-bond donors (Lipinski definition) is 0. The fourth-order valence-corrected chi connectivity index (χ4v) is 1.93. The van der Waals surface area contributed by atoms with Gasteiger partial charge >= 0.3 is 5.97 Å². The molecule has 0 amide bonds. The molecule has 1 aromatic carbocycles. The first kappa shape index (κ1) is 19.4. The highest BCUT2D eigenvalue weighted by atomic mass is 16.5. The minimum atomic E-state index is -0.356. The van der Waals surface area contributed by atoms with Gasteiger partial charge in [0, 0.05) is 18.1 Å². The van der Waals surface area contributed by atoms with Crippen molar-refractivity contribution in [1.29, 1.82) is 0 Å². The van der Waals surface area contributed by atoms with Crippen molar-refractivity contribution in [3.63, 3.8) is 0 Å². The van der Waals surface area contributed by atoms with Crippen molar-refractivity contribution in [3.05, 3.63) is 35.4 Å². The highest BCUT2D eigenvalue weighted by molar-refractivity contribution is 5.98. The summed E-state index contributed by atoms with van der Waals surface area (Å²) in [5, 5.41) is 0. The van der Waals surface area contributed by atoms with Crippen molar-refractivity contribution in [1.82, 2.24) is 0 Å². The van der Waals surface area contributed by atoms with E-state index >= 15 is 0 Å². The van der Waals surface area contributed by atoms with Gasteiger partial charge in [0.15, 0.2) is 5.78 Å². The molecule has 0 N–H and O–H groups in total. The Kier molecular flexibility index (Phi) is 7.43. The summed E-state index contributed by atoms with van der Waals surface area (Å²) in [6.45, 7) is 10.8. The highest BCUT2D eigenvalue weighted by Crippen LogP contribution is 2.11. The van der Waals surface area contributed by atoms with Crippen LogP contribution in [0.5, 0.6) is 0 Å². The predicted octanol–water partition coefficient (Wildman–Crippen LogP) is 4.28. The van der Waals surface area contributed by atoms with E-state index in [1.165, 1.54) is 0 Å². The minimum absolute atomic E-state index is 0.0527. The van der Waals surface area contributed by atoms with Gasteiger partial charge in [-0.05, 0) is 45.7 Å². The summed E-state index contributed by atoms with van der Waals surface area (Å²) in [5.41, 5.74) is 0.957. The number of unbranched alkanes of at least 4 members (excludes halogenated alkanes) is 1. The number of Topliss-reactive ketones (excluding diaryl/α,β-unsaturated/α-hetero) is 1. The maximum Gasteiger partial charge on any atom is 0.338 e. The van der Waals surface area contributed by atoms with E-state index in [0.29, 0.717) is 24.3 Å². The molecule has 0 fully saturated rings. The van der Waals surface area contributed by atoms with Gasteiger partial charge in [-0.25, -0.2) is 4.79 Å². The number of carbonyl (C=O) groups excluding carboxylic acids is 2. The fourth-order valence-electron chi connectivity index (χ4n) is 1.93. The van der Waals surface area contributed by atoms with Crippen LogP contribution in [-0.2, 0) is 9.47 Å². The summed E-state index contributed by atoms with van der Waals surface area (Å²) in [7, 11) is 0. The molecule has 1 rings (SSSR count). The lowest BCUT2D eigenvalue weighted by Crippen LogP contribution is -2.20. The average molecular weight is 320 g/mol. The molecular formula is C19H28O4. The van der Waals surface area contributed by atoms with Crippen LogP contribution in [0.1, 0.15) is 68.2 Å². The van der Waals surface area contributed by atoms with Crippen LogP contribution in [0.4, 0.5) is 0 Å². The van der Waals surface area contributed by atoms with Crippen LogP contribution in [-0.4, -0.2) is 30.6 Å². The van der Waals surface area contributed by atoms with Crippen molar-refractivity contribution in [2.45, 2.75) is 53.1 Å². The number of ether oxygens (including phenoxy) is 2. The van der Waals surface area contributed by atoms with E-state index in [4.69, 9.17) is 9.47 Å². The zero-order valence-electron chi connectivity index (χ0n) is 14.8.